The summed E-state index contributed by atoms with van der Waals surface area (Å²) in [5.74, 6) is 0.758. The van der Waals surface area contributed by atoms with Crippen LogP contribution in [-0.2, 0) is 17.6 Å². The maximum Gasteiger partial charge on any atom is 0.250 e. The quantitative estimate of drug-likeness (QED) is 0.237. The number of amides is 1. The minimum atomic E-state index is -0.359. The fourth-order valence-corrected chi connectivity index (χ4v) is 4.85. The second-order valence-electron chi connectivity index (χ2n) is 7.75. The lowest BCUT2D eigenvalue weighted by Crippen LogP contribution is -2.32. The molecular weight excluding hydrogens is 475 g/mol. The standard InChI is InChI=1S/C26H18Cl2N2O2S/c27-18-12-17(13-19(28)14-18)23-10-7-20(32-23)8-11-24(31)30-26(33)29-22-9-6-16-5-4-15-2-1-3-21(22)25(15)16/h1-3,6-14H,4-5H2,(H2,29,30,31,33)/b11-8+. The van der Waals surface area contributed by atoms with Gasteiger partial charge in [0.1, 0.15) is 11.5 Å². The Bertz CT molecular complexity index is 1410. The number of carbonyl (C=O) groups excluding carboxylic acids is 1. The summed E-state index contributed by atoms with van der Waals surface area (Å²) in [6.07, 6.45) is 5.06. The van der Waals surface area contributed by atoms with Gasteiger partial charge in [-0.05, 0) is 84.0 Å². The fraction of sp³-hybridized carbons (Fsp3) is 0.0769. The van der Waals surface area contributed by atoms with Crippen molar-refractivity contribution in [2.24, 2.45) is 0 Å². The third-order valence-electron chi connectivity index (χ3n) is 5.53. The highest BCUT2D eigenvalue weighted by atomic mass is 35.5. The maximum absolute atomic E-state index is 12.4. The summed E-state index contributed by atoms with van der Waals surface area (Å²) in [7, 11) is 0. The molecule has 1 aliphatic carbocycles. The van der Waals surface area contributed by atoms with Crippen LogP contribution in [0, 0.1) is 0 Å². The number of hydrogen-bond donors (Lipinski definition) is 2. The third kappa shape index (κ3) is 4.67. The summed E-state index contributed by atoms with van der Waals surface area (Å²) in [5.41, 5.74) is 4.33. The SMILES string of the molecule is O=C(/C=C/c1ccc(-c2cc(Cl)cc(Cl)c2)o1)NC(=S)Nc1ccc2c3c(cccc13)CC2. The number of furan rings is 1. The topological polar surface area (TPSA) is 54.3 Å². The molecule has 1 aromatic heterocycles. The summed E-state index contributed by atoms with van der Waals surface area (Å²) in [5, 5.41) is 9.50. The van der Waals surface area contributed by atoms with Crippen LogP contribution in [0.15, 0.2) is 71.2 Å². The van der Waals surface area contributed by atoms with Crippen molar-refractivity contribution in [1.82, 2.24) is 5.32 Å². The predicted molar refractivity (Wildman–Crippen MR) is 139 cm³/mol. The highest BCUT2D eigenvalue weighted by molar-refractivity contribution is 7.80. The van der Waals surface area contributed by atoms with Crippen LogP contribution in [0.4, 0.5) is 5.69 Å². The Balaban J connectivity index is 1.24. The maximum atomic E-state index is 12.4. The van der Waals surface area contributed by atoms with Crippen LogP contribution in [0.3, 0.4) is 0 Å². The largest absolute Gasteiger partial charge is 0.457 e. The lowest BCUT2D eigenvalue weighted by Gasteiger charge is -2.12. The number of aryl methyl sites for hydroxylation is 2. The molecule has 0 atom stereocenters. The lowest BCUT2D eigenvalue weighted by atomic mass is 10.0. The zero-order valence-electron chi connectivity index (χ0n) is 17.3. The molecule has 0 saturated heterocycles. The van der Waals surface area contributed by atoms with E-state index < -0.39 is 0 Å². The van der Waals surface area contributed by atoms with Gasteiger partial charge in [-0.3, -0.25) is 10.1 Å². The number of anilines is 1. The molecule has 2 N–H and O–H groups in total. The average molecular weight is 493 g/mol. The summed E-state index contributed by atoms with van der Waals surface area (Å²) >= 11 is 17.5. The summed E-state index contributed by atoms with van der Waals surface area (Å²) in [4.78, 5) is 12.4. The number of halogens is 2. The summed E-state index contributed by atoms with van der Waals surface area (Å²) in [6.45, 7) is 0. The van der Waals surface area contributed by atoms with Crippen molar-refractivity contribution < 1.29 is 9.21 Å². The second kappa shape index (κ2) is 9.02. The predicted octanol–water partition coefficient (Wildman–Crippen LogP) is 7.03. The molecular formula is C26H18Cl2N2O2S. The molecule has 4 nitrogen and oxygen atoms in total. The van der Waals surface area contributed by atoms with Crippen molar-refractivity contribution in [3.8, 4) is 11.3 Å². The van der Waals surface area contributed by atoms with Gasteiger partial charge in [0, 0.05) is 32.8 Å². The second-order valence-corrected chi connectivity index (χ2v) is 9.03. The molecule has 0 bridgehead atoms. The van der Waals surface area contributed by atoms with Crippen LogP contribution in [0.2, 0.25) is 10.0 Å². The zero-order valence-corrected chi connectivity index (χ0v) is 19.7. The molecule has 33 heavy (non-hydrogen) atoms. The molecule has 3 aromatic carbocycles. The van der Waals surface area contributed by atoms with Gasteiger partial charge in [0.15, 0.2) is 5.11 Å². The molecule has 0 spiro atoms. The number of benzene rings is 3. The van der Waals surface area contributed by atoms with E-state index >= 15 is 0 Å². The van der Waals surface area contributed by atoms with Gasteiger partial charge < -0.3 is 9.73 Å². The molecule has 164 valence electrons. The van der Waals surface area contributed by atoms with Crippen LogP contribution in [0.25, 0.3) is 28.2 Å². The first kappa shape index (κ1) is 21.7. The first-order valence-electron chi connectivity index (χ1n) is 10.4. The van der Waals surface area contributed by atoms with Gasteiger partial charge >= 0.3 is 0 Å². The van der Waals surface area contributed by atoms with Gasteiger partial charge in [-0.2, -0.15) is 0 Å². The van der Waals surface area contributed by atoms with Crippen LogP contribution < -0.4 is 10.6 Å². The smallest absolute Gasteiger partial charge is 0.250 e. The van der Waals surface area contributed by atoms with Crippen LogP contribution in [0.1, 0.15) is 16.9 Å². The monoisotopic (exact) mass is 492 g/mol. The van der Waals surface area contributed by atoms with E-state index in [9.17, 15) is 4.79 Å². The zero-order chi connectivity index (χ0) is 22.9. The number of nitrogens with one attached hydrogen (secondary N) is 2. The van der Waals surface area contributed by atoms with E-state index in [1.807, 2.05) is 6.07 Å². The van der Waals surface area contributed by atoms with Crippen molar-refractivity contribution in [2.75, 3.05) is 5.32 Å². The molecule has 4 aromatic rings. The Morgan fingerprint density at radius 2 is 1.73 bits per heavy atom. The molecule has 1 amide bonds. The fourth-order valence-electron chi connectivity index (χ4n) is 4.11. The molecule has 0 unspecified atom stereocenters. The number of rotatable bonds is 4. The van der Waals surface area contributed by atoms with Crippen molar-refractivity contribution in [3.05, 3.63) is 93.7 Å². The van der Waals surface area contributed by atoms with Gasteiger partial charge in [-0.15, -0.1) is 0 Å². The number of hydrogen-bond acceptors (Lipinski definition) is 3. The van der Waals surface area contributed by atoms with E-state index in [4.69, 9.17) is 39.8 Å². The van der Waals surface area contributed by atoms with Crippen LogP contribution in [0.5, 0.6) is 0 Å². The molecule has 1 heterocycles. The Kier molecular flexibility index (Phi) is 5.94. The minimum absolute atomic E-state index is 0.233. The van der Waals surface area contributed by atoms with E-state index in [0.717, 1.165) is 29.5 Å². The molecule has 7 heteroatoms. The van der Waals surface area contributed by atoms with Gasteiger partial charge in [-0.1, -0.05) is 47.5 Å². The van der Waals surface area contributed by atoms with Gasteiger partial charge in [0.05, 0.1) is 0 Å². The molecule has 1 aliphatic rings. The summed E-state index contributed by atoms with van der Waals surface area (Å²) < 4.78 is 5.77. The van der Waals surface area contributed by atoms with Crippen molar-refractivity contribution in [2.45, 2.75) is 12.8 Å². The van der Waals surface area contributed by atoms with E-state index in [2.05, 4.69) is 34.9 Å². The molecule has 5 rings (SSSR count). The average Bonchev–Trinajstić information content (AvgIpc) is 3.42. The van der Waals surface area contributed by atoms with E-state index in [0.29, 0.717) is 21.6 Å². The van der Waals surface area contributed by atoms with E-state index in [1.165, 1.54) is 22.6 Å². The molecule has 0 aliphatic heterocycles. The summed E-state index contributed by atoms with van der Waals surface area (Å²) in [6, 6.07) is 19.1. The number of thiocarbonyl (C=S) groups is 1. The Hall–Kier alpha value is -3.12. The van der Waals surface area contributed by atoms with Crippen molar-refractivity contribution in [1.29, 1.82) is 0 Å². The lowest BCUT2D eigenvalue weighted by molar-refractivity contribution is -0.115. The van der Waals surface area contributed by atoms with E-state index in [-0.39, 0.29) is 11.0 Å². The van der Waals surface area contributed by atoms with Gasteiger partial charge in [-0.25, -0.2) is 0 Å². The van der Waals surface area contributed by atoms with E-state index in [1.54, 1.807) is 36.4 Å². The normalized spacial score (nSPS) is 12.4. The van der Waals surface area contributed by atoms with Crippen molar-refractivity contribution in [3.63, 3.8) is 0 Å². The van der Waals surface area contributed by atoms with Crippen LogP contribution >= 0.6 is 35.4 Å². The first-order valence-corrected chi connectivity index (χ1v) is 11.5. The van der Waals surface area contributed by atoms with Gasteiger partial charge in [0.25, 0.3) is 0 Å². The minimum Gasteiger partial charge on any atom is -0.457 e. The Morgan fingerprint density at radius 1 is 0.970 bits per heavy atom. The Morgan fingerprint density at radius 3 is 2.52 bits per heavy atom. The Labute approximate surface area is 206 Å². The highest BCUT2D eigenvalue weighted by Crippen LogP contribution is 2.35. The first-order chi connectivity index (χ1) is 16.0. The molecule has 0 fully saturated rings. The number of carbonyl (C=O) groups is 1. The van der Waals surface area contributed by atoms with Crippen LogP contribution in [-0.4, -0.2) is 11.0 Å². The van der Waals surface area contributed by atoms with Crippen molar-refractivity contribution >= 4 is 69.0 Å². The van der Waals surface area contributed by atoms with Gasteiger partial charge in [0.2, 0.25) is 5.91 Å². The molecule has 0 saturated carbocycles. The molecule has 0 radical (unpaired) electrons. The third-order valence-corrected chi connectivity index (χ3v) is 6.18. The highest BCUT2D eigenvalue weighted by Gasteiger charge is 2.16.